The second-order valence-corrected chi connectivity index (χ2v) is 12.7. The highest BCUT2D eigenvalue weighted by atomic mass is 79.9. The summed E-state index contributed by atoms with van der Waals surface area (Å²) >= 11 is 3.59. The standard InChI is InChI=1S/C32H36BrN3O5/c1-19-26(21-17-20(33)9-10-23(21)34-28(19)36-15-4-5-16-36)29(37)35-32-13-11-31(12-14-32,30(38)39)18-22(32)27-24(40-2)7-6-8-25(27)41-3/h6-10,17,22H,4-5,11-16,18H2,1-3H3,(H,35,37)(H,38,39). The lowest BCUT2D eigenvalue weighted by Crippen LogP contribution is -2.62. The molecule has 2 N–H and O–H groups in total. The van der Waals surface area contributed by atoms with Gasteiger partial charge in [0.2, 0.25) is 0 Å². The molecule has 41 heavy (non-hydrogen) atoms. The van der Waals surface area contributed by atoms with Gasteiger partial charge in [-0.3, -0.25) is 9.59 Å². The Labute approximate surface area is 248 Å². The fraction of sp³-hybridized carbons (Fsp3) is 0.469. The summed E-state index contributed by atoms with van der Waals surface area (Å²) in [6.45, 7) is 3.84. The molecule has 4 aliphatic rings. The number of nitrogens with one attached hydrogen (secondary N) is 1. The lowest BCUT2D eigenvalue weighted by molar-refractivity contribution is -0.157. The average molecular weight is 623 g/mol. The number of amides is 1. The van der Waals surface area contributed by atoms with Gasteiger partial charge in [0.1, 0.15) is 17.3 Å². The Balaban J connectivity index is 1.48. The van der Waals surface area contributed by atoms with Crippen molar-refractivity contribution in [3.63, 3.8) is 0 Å². The maximum Gasteiger partial charge on any atom is 0.309 e. The normalized spacial score (nSPS) is 25.4. The number of benzene rings is 2. The van der Waals surface area contributed by atoms with Gasteiger partial charge in [-0.15, -0.1) is 0 Å². The molecule has 9 heteroatoms. The van der Waals surface area contributed by atoms with Crippen molar-refractivity contribution >= 4 is 44.5 Å². The molecular formula is C32H36BrN3O5. The van der Waals surface area contributed by atoms with Crippen molar-refractivity contribution in [2.75, 3.05) is 32.2 Å². The molecule has 0 radical (unpaired) electrons. The maximum absolute atomic E-state index is 14.6. The number of hydrogen-bond acceptors (Lipinski definition) is 6. The Morgan fingerprint density at radius 2 is 1.71 bits per heavy atom. The van der Waals surface area contributed by atoms with E-state index in [0.29, 0.717) is 49.2 Å². The van der Waals surface area contributed by atoms with Gasteiger partial charge in [-0.05, 0) is 82.2 Å². The number of carbonyl (C=O) groups is 2. The number of aromatic nitrogens is 1. The van der Waals surface area contributed by atoms with E-state index in [1.54, 1.807) is 14.2 Å². The lowest BCUT2D eigenvalue weighted by atomic mass is 9.51. The minimum atomic E-state index is -0.837. The van der Waals surface area contributed by atoms with Crippen LogP contribution in [0.15, 0.2) is 40.9 Å². The lowest BCUT2D eigenvalue weighted by Gasteiger charge is -2.56. The number of fused-ring (bicyclic) bond motifs is 4. The minimum Gasteiger partial charge on any atom is -0.496 e. The van der Waals surface area contributed by atoms with Crippen LogP contribution in [0, 0.1) is 12.3 Å². The Kier molecular flexibility index (Phi) is 7.12. The van der Waals surface area contributed by atoms with E-state index in [0.717, 1.165) is 58.3 Å². The number of hydrogen-bond donors (Lipinski definition) is 2. The van der Waals surface area contributed by atoms with Gasteiger partial charge in [0.15, 0.2) is 0 Å². The molecule has 1 aliphatic heterocycles. The molecule has 1 aromatic heterocycles. The number of halogens is 1. The molecule has 1 saturated heterocycles. The van der Waals surface area contributed by atoms with E-state index in [1.165, 1.54) is 0 Å². The monoisotopic (exact) mass is 621 g/mol. The number of carboxylic acids is 1. The van der Waals surface area contributed by atoms with E-state index in [-0.39, 0.29) is 11.8 Å². The first-order valence-electron chi connectivity index (χ1n) is 14.3. The Bertz CT molecular complexity index is 1500. The van der Waals surface area contributed by atoms with Crippen molar-refractivity contribution in [1.82, 2.24) is 10.3 Å². The van der Waals surface area contributed by atoms with E-state index in [2.05, 4.69) is 26.1 Å². The molecule has 216 valence electrons. The fourth-order valence-electron chi connectivity index (χ4n) is 7.56. The van der Waals surface area contributed by atoms with Crippen molar-refractivity contribution in [3.8, 4) is 11.5 Å². The smallest absolute Gasteiger partial charge is 0.309 e. The van der Waals surface area contributed by atoms with Gasteiger partial charge in [-0.1, -0.05) is 22.0 Å². The zero-order chi connectivity index (χ0) is 28.9. The van der Waals surface area contributed by atoms with Gasteiger partial charge in [-0.2, -0.15) is 0 Å². The summed E-state index contributed by atoms with van der Waals surface area (Å²) in [6.07, 6.45) is 4.76. The molecule has 3 saturated carbocycles. The second kappa shape index (κ2) is 10.5. The molecule has 4 fully saturated rings. The van der Waals surface area contributed by atoms with Crippen LogP contribution in [0.2, 0.25) is 0 Å². The minimum absolute atomic E-state index is 0.156. The number of carboxylic acid groups (broad SMARTS) is 1. The number of rotatable bonds is 7. The Morgan fingerprint density at radius 1 is 1.05 bits per heavy atom. The number of carbonyl (C=O) groups excluding carboxylic acids is 1. The number of ether oxygens (including phenoxy) is 2. The van der Waals surface area contributed by atoms with Crippen LogP contribution < -0.4 is 19.7 Å². The van der Waals surface area contributed by atoms with Crippen molar-refractivity contribution in [3.05, 3.63) is 57.6 Å². The van der Waals surface area contributed by atoms with E-state index in [4.69, 9.17) is 14.5 Å². The van der Waals surface area contributed by atoms with Crippen LogP contribution in [0.25, 0.3) is 10.9 Å². The molecule has 1 unspecified atom stereocenters. The number of methoxy groups -OCH3 is 2. The number of aliphatic carboxylic acids is 1. The molecule has 8 nitrogen and oxygen atoms in total. The highest BCUT2D eigenvalue weighted by Crippen LogP contribution is 2.61. The molecule has 0 spiro atoms. The van der Waals surface area contributed by atoms with Gasteiger partial charge >= 0.3 is 5.97 Å². The van der Waals surface area contributed by atoms with E-state index in [9.17, 15) is 14.7 Å². The SMILES string of the molecule is COc1cccc(OC)c1C1CC2(C(=O)O)CCC1(NC(=O)c1c(C)c(N3CCCC3)nc3ccc(Br)cc13)CC2. The van der Waals surface area contributed by atoms with Gasteiger partial charge in [0.05, 0.1) is 30.7 Å². The molecule has 3 aromatic rings. The van der Waals surface area contributed by atoms with E-state index >= 15 is 0 Å². The molecular weight excluding hydrogens is 586 g/mol. The fourth-order valence-corrected chi connectivity index (χ4v) is 7.93. The van der Waals surface area contributed by atoms with Crippen LogP contribution in [0.5, 0.6) is 11.5 Å². The molecule has 2 heterocycles. The third-order valence-electron chi connectivity index (χ3n) is 9.79. The van der Waals surface area contributed by atoms with Crippen LogP contribution in [0.1, 0.15) is 72.3 Å². The van der Waals surface area contributed by atoms with Gasteiger partial charge < -0.3 is 24.8 Å². The largest absolute Gasteiger partial charge is 0.496 e. The summed E-state index contributed by atoms with van der Waals surface area (Å²) in [6, 6.07) is 11.5. The number of anilines is 1. The van der Waals surface area contributed by atoms with Crippen LogP contribution >= 0.6 is 15.9 Å². The first-order valence-corrected chi connectivity index (χ1v) is 15.1. The molecule has 3 aliphatic carbocycles. The summed E-state index contributed by atoms with van der Waals surface area (Å²) in [4.78, 5) is 34.4. The van der Waals surface area contributed by atoms with Gasteiger partial charge in [0, 0.05) is 45.5 Å². The summed E-state index contributed by atoms with van der Waals surface area (Å²) in [5.74, 6) is 0.919. The maximum atomic E-state index is 14.6. The second-order valence-electron chi connectivity index (χ2n) is 11.8. The van der Waals surface area contributed by atoms with Gasteiger partial charge in [0.25, 0.3) is 5.91 Å². The van der Waals surface area contributed by atoms with Crippen LogP contribution in [0.3, 0.4) is 0 Å². The zero-order valence-corrected chi connectivity index (χ0v) is 25.3. The zero-order valence-electron chi connectivity index (χ0n) is 23.8. The average Bonchev–Trinajstić information content (AvgIpc) is 3.51. The molecule has 1 amide bonds. The number of nitrogens with zero attached hydrogens (tertiary/aromatic N) is 2. The first kappa shape index (κ1) is 27.8. The Hall–Kier alpha value is -3.33. The molecule has 1 atom stereocenters. The highest BCUT2D eigenvalue weighted by molar-refractivity contribution is 9.10. The van der Waals surface area contributed by atoms with Gasteiger partial charge in [-0.25, -0.2) is 4.98 Å². The highest BCUT2D eigenvalue weighted by Gasteiger charge is 2.59. The van der Waals surface area contributed by atoms with Crippen LogP contribution in [-0.2, 0) is 4.79 Å². The Morgan fingerprint density at radius 3 is 2.32 bits per heavy atom. The van der Waals surface area contributed by atoms with Crippen LogP contribution in [0.4, 0.5) is 5.82 Å². The van der Waals surface area contributed by atoms with Crippen molar-refractivity contribution in [2.45, 2.75) is 63.3 Å². The quantitative estimate of drug-likeness (QED) is 0.323. The summed E-state index contributed by atoms with van der Waals surface area (Å²) in [5, 5.41) is 14.6. The summed E-state index contributed by atoms with van der Waals surface area (Å²) in [7, 11) is 3.23. The molecule has 7 rings (SSSR count). The molecule has 2 bridgehead atoms. The van der Waals surface area contributed by atoms with Crippen LogP contribution in [-0.4, -0.2) is 54.8 Å². The van der Waals surface area contributed by atoms with Crippen molar-refractivity contribution in [1.29, 1.82) is 0 Å². The summed E-state index contributed by atoms with van der Waals surface area (Å²) in [5.41, 5.74) is 1.60. The van der Waals surface area contributed by atoms with Crippen molar-refractivity contribution < 1.29 is 24.2 Å². The first-order chi connectivity index (χ1) is 19.7. The third-order valence-corrected chi connectivity index (χ3v) is 10.3. The topological polar surface area (TPSA) is 101 Å². The van der Waals surface area contributed by atoms with E-state index in [1.807, 2.05) is 43.3 Å². The predicted octanol–water partition coefficient (Wildman–Crippen LogP) is 6.22. The number of pyridine rings is 1. The predicted molar refractivity (Wildman–Crippen MR) is 161 cm³/mol. The molecule has 2 aromatic carbocycles. The summed E-state index contributed by atoms with van der Waals surface area (Å²) < 4.78 is 12.4. The third kappa shape index (κ3) is 4.53. The van der Waals surface area contributed by atoms with E-state index < -0.39 is 16.9 Å². The van der Waals surface area contributed by atoms with Crippen molar-refractivity contribution in [2.24, 2.45) is 5.41 Å².